The average Bonchev–Trinajstić information content (AvgIpc) is 3.72. The molecule has 0 aliphatic heterocycles. The summed E-state index contributed by atoms with van der Waals surface area (Å²) in [5.74, 6) is 2.13. The second-order valence-electron chi connectivity index (χ2n) is 17.1. The SMILES string of the molecule is C=C1[C@H](O)CC(=C/C=C2\CCC[C@]3(C)[C@@H]([C@@H](C)CCCC(C)(C)O)CC[C@@H]23)C[C@H]1O.Cc1ccc(-c2cc(C(F)(F)F)nn2-c2ccc(S(N)(=O)=O)cc2)cc1. The highest BCUT2D eigenvalue weighted by Gasteiger charge is 2.50. The zero-order valence-electron chi connectivity index (χ0n) is 33.2. The topological polar surface area (TPSA) is 139 Å². The number of hydrogen-bond acceptors (Lipinski definition) is 6. The summed E-state index contributed by atoms with van der Waals surface area (Å²) in [7, 11) is -3.90. The third-order valence-corrected chi connectivity index (χ3v) is 13.2. The van der Waals surface area contributed by atoms with Gasteiger partial charge in [0.05, 0.1) is 34.1 Å². The number of benzene rings is 2. The number of nitrogens with two attached hydrogens (primary N) is 1. The number of halogens is 3. The number of primary sulfonamides is 1. The lowest BCUT2D eigenvalue weighted by atomic mass is 9.60. The van der Waals surface area contributed by atoms with Crippen LogP contribution in [0.5, 0.6) is 0 Å². The maximum absolute atomic E-state index is 13.1. The smallest absolute Gasteiger partial charge is 0.390 e. The molecule has 0 unspecified atom stereocenters. The van der Waals surface area contributed by atoms with Crippen molar-refractivity contribution >= 4 is 10.0 Å². The van der Waals surface area contributed by atoms with E-state index in [2.05, 4.69) is 37.7 Å². The molecule has 1 heterocycles. The number of aliphatic hydroxyl groups is 3. The Labute approximate surface area is 330 Å². The van der Waals surface area contributed by atoms with E-state index < -0.39 is 39.7 Å². The van der Waals surface area contributed by atoms with Gasteiger partial charge in [-0.15, -0.1) is 0 Å². The first-order valence-electron chi connectivity index (χ1n) is 19.6. The number of aliphatic hydroxyl groups excluding tert-OH is 2. The van der Waals surface area contributed by atoms with E-state index in [1.807, 2.05) is 20.8 Å². The minimum Gasteiger partial charge on any atom is -0.390 e. The van der Waals surface area contributed by atoms with Crippen molar-refractivity contribution in [1.29, 1.82) is 0 Å². The second kappa shape index (κ2) is 17.1. The highest BCUT2D eigenvalue weighted by Crippen LogP contribution is 2.60. The van der Waals surface area contributed by atoms with Gasteiger partial charge in [0.1, 0.15) is 0 Å². The molecule has 3 aliphatic carbocycles. The highest BCUT2D eigenvalue weighted by molar-refractivity contribution is 7.89. The molecule has 6 rings (SSSR count). The van der Waals surface area contributed by atoms with Gasteiger partial charge in [-0.1, -0.05) is 86.4 Å². The van der Waals surface area contributed by atoms with Crippen LogP contribution >= 0.6 is 0 Å². The summed E-state index contributed by atoms with van der Waals surface area (Å²) >= 11 is 0. The summed E-state index contributed by atoms with van der Waals surface area (Å²) in [6.07, 6.45) is 9.43. The molecule has 0 radical (unpaired) electrons. The summed E-state index contributed by atoms with van der Waals surface area (Å²) in [6, 6.07) is 13.1. The molecule has 1 aromatic heterocycles. The molecule has 0 saturated heterocycles. The minimum atomic E-state index is -4.61. The van der Waals surface area contributed by atoms with E-state index in [1.165, 1.54) is 62.8 Å². The Balaban J connectivity index is 0.000000216. The van der Waals surface area contributed by atoms with Crippen molar-refractivity contribution in [2.75, 3.05) is 0 Å². The van der Waals surface area contributed by atoms with E-state index in [4.69, 9.17) is 5.14 Å². The molecule has 6 atom stereocenters. The van der Waals surface area contributed by atoms with Crippen LogP contribution in [0.25, 0.3) is 16.9 Å². The van der Waals surface area contributed by atoms with Crippen molar-refractivity contribution in [3.8, 4) is 16.9 Å². The molecule has 306 valence electrons. The van der Waals surface area contributed by atoms with Gasteiger partial charge in [-0.3, -0.25) is 0 Å². The molecule has 8 nitrogen and oxygen atoms in total. The molecular formula is C44H58F3N3O5S. The summed E-state index contributed by atoms with van der Waals surface area (Å²) in [6.45, 7) is 14.5. The van der Waals surface area contributed by atoms with Gasteiger partial charge >= 0.3 is 6.18 Å². The second-order valence-corrected chi connectivity index (χ2v) is 18.6. The van der Waals surface area contributed by atoms with E-state index in [-0.39, 0.29) is 16.3 Å². The van der Waals surface area contributed by atoms with E-state index in [1.54, 1.807) is 29.8 Å². The number of allylic oxidation sites excluding steroid dienone is 3. The summed E-state index contributed by atoms with van der Waals surface area (Å²) in [4.78, 5) is -0.138. The average molecular weight is 798 g/mol. The quantitative estimate of drug-likeness (QED) is 0.159. The number of alkyl halides is 3. The summed E-state index contributed by atoms with van der Waals surface area (Å²) < 4.78 is 63.2. The highest BCUT2D eigenvalue weighted by atomic mass is 32.2. The zero-order chi connectivity index (χ0) is 41.2. The summed E-state index contributed by atoms with van der Waals surface area (Å²) in [5, 5.41) is 39.0. The van der Waals surface area contributed by atoms with Crippen molar-refractivity contribution in [2.24, 2.45) is 28.3 Å². The molecule has 3 fully saturated rings. The Morgan fingerprint density at radius 2 is 1.66 bits per heavy atom. The number of nitrogens with zero attached hydrogens (tertiary/aromatic N) is 2. The molecular weight excluding hydrogens is 740 g/mol. The Hall–Kier alpha value is -3.55. The summed E-state index contributed by atoms with van der Waals surface area (Å²) in [5.41, 5.74) is 4.10. The lowest BCUT2D eigenvalue weighted by molar-refractivity contribution is -0.141. The van der Waals surface area contributed by atoms with Gasteiger partial charge in [-0.05, 0) is 131 Å². The van der Waals surface area contributed by atoms with E-state index >= 15 is 0 Å². The van der Waals surface area contributed by atoms with Crippen LogP contribution in [0.3, 0.4) is 0 Å². The van der Waals surface area contributed by atoms with E-state index in [0.29, 0.717) is 41.2 Å². The maximum atomic E-state index is 13.1. The molecule has 0 amide bonds. The van der Waals surface area contributed by atoms with Gasteiger partial charge < -0.3 is 15.3 Å². The predicted molar refractivity (Wildman–Crippen MR) is 214 cm³/mol. The minimum absolute atomic E-state index is 0.138. The number of aromatic nitrogens is 2. The fraction of sp³-hybridized carbons (Fsp3) is 0.523. The van der Waals surface area contributed by atoms with Crippen LogP contribution in [0.4, 0.5) is 13.2 Å². The first kappa shape index (κ1) is 43.6. The van der Waals surface area contributed by atoms with Crippen molar-refractivity contribution < 1.29 is 36.9 Å². The number of hydrogen-bond donors (Lipinski definition) is 4. The molecule has 3 aromatic rings. The van der Waals surface area contributed by atoms with Gasteiger partial charge in [0.2, 0.25) is 10.0 Å². The van der Waals surface area contributed by atoms with Crippen molar-refractivity contribution in [2.45, 2.75) is 128 Å². The lowest BCUT2D eigenvalue weighted by Gasteiger charge is -2.44. The van der Waals surface area contributed by atoms with Crippen molar-refractivity contribution in [1.82, 2.24) is 9.78 Å². The van der Waals surface area contributed by atoms with Gasteiger partial charge in [0, 0.05) is 5.56 Å². The Bertz CT molecular complexity index is 2000. The Kier molecular flexibility index (Phi) is 13.3. The Morgan fingerprint density at radius 1 is 1.04 bits per heavy atom. The molecule has 2 aromatic carbocycles. The lowest BCUT2D eigenvalue weighted by Crippen LogP contribution is -2.36. The third kappa shape index (κ3) is 10.5. The molecule has 0 bridgehead atoms. The van der Waals surface area contributed by atoms with Gasteiger partial charge in [0.15, 0.2) is 5.69 Å². The largest absolute Gasteiger partial charge is 0.435 e. The fourth-order valence-corrected chi connectivity index (χ4v) is 9.64. The van der Waals surface area contributed by atoms with Gasteiger partial charge in [-0.25, -0.2) is 18.2 Å². The van der Waals surface area contributed by atoms with Crippen molar-refractivity contribution in [3.05, 3.63) is 101 Å². The zero-order valence-corrected chi connectivity index (χ0v) is 34.0. The van der Waals surface area contributed by atoms with E-state index in [9.17, 15) is 36.9 Å². The number of rotatable bonds is 9. The standard InChI is InChI=1S/C27H44O3.C17H14F3N3O2S/c1-18(8-6-14-26(3,4)30)22-12-13-23-21(9-7-15-27(22,23)5)11-10-20-16-24(28)19(2)25(29)17-20;1-11-2-4-12(5-3-11)15-10-16(17(18,19)20)22-23(15)13-6-8-14(9-7-13)26(21,24)25/h10-11,18,22-25,28-30H,2,6-9,12-17H2,1,3-5H3;2-10H,1H3,(H2,21,24,25)/b21-11+;/t18-,22+,23-,24+,25+,27+;/m0./s1. The van der Waals surface area contributed by atoms with Crippen LogP contribution in [-0.4, -0.2) is 51.3 Å². The molecule has 3 aliphatic rings. The van der Waals surface area contributed by atoms with Gasteiger partial charge in [0.25, 0.3) is 0 Å². The van der Waals surface area contributed by atoms with Crippen LogP contribution in [0, 0.1) is 30.1 Å². The monoisotopic (exact) mass is 797 g/mol. The number of fused-ring (bicyclic) bond motifs is 1. The van der Waals surface area contributed by atoms with Crippen LogP contribution in [0.15, 0.2) is 94.9 Å². The van der Waals surface area contributed by atoms with Crippen LogP contribution in [0.2, 0.25) is 0 Å². The third-order valence-electron chi connectivity index (χ3n) is 12.2. The van der Waals surface area contributed by atoms with Crippen LogP contribution in [-0.2, 0) is 16.2 Å². The molecule has 12 heteroatoms. The van der Waals surface area contributed by atoms with Gasteiger partial charge in [-0.2, -0.15) is 18.3 Å². The van der Waals surface area contributed by atoms with Crippen LogP contribution < -0.4 is 5.14 Å². The molecule has 5 N–H and O–H groups in total. The molecule has 0 spiro atoms. The molecule has 56 heavy (non-hydrogen) atoms. The Morgan fingerprint density at radius 3 is 2.23 bits per heavy atom. The number of sulfonamides is 1. The normalized spacial score (nSPS) is 25.8. The molecule has 3 saturated carbocycles. The van der Waals surface area contributed by atoms with Crippen LogP contribution in [0.1, 0.15) is 103 Å². The van der Waals surface area contributed by atoms with E-state index in [0.717, 1.165) is 40.6 Å². The predicted octanol–water partition coefficient (Wildman–Crippen LogP) is 9.22. The number of aryl methyl sites for hydroxylation is 1. The maximum Gasteiger partial charge on any atom is 0.435 e. The first-order chi connectivity index (χ1) is 26.1. The first-order valence-corrected chi connectivity index (χ1v) is 21.1. The fourth-order valence-electron chi connectivity index (χ4n) is 9.12. The van der Waals surface area contributed by atoms with Crippen molar-refractivity contribution in [3.63, 3.8) is 0 Å².